The van der Waals surface area contributed by atoms with E-state index < -0.39 is 20.2 Å². The van der Waals surface area contributed by atoms with Gasteiger partial charge in [0.15, 0.2) is 0 Å². The number of hydrogen-bond acceptors (Lipinski definition) is 6. The topological polar surface area (TPSA) is 139 Å². The van der Waals surface area contributed by atoms with Gasteiger partial charge >= 0.3 is 0 Å². The SMILES string of the molecule is O=S(=O)(O)c1cc(-n2nc3ccc4c(S(=O)(=O)O)cccc4c3n2)ccc1/C=C/c1ccccc1. The van der Waals surface area contributed by atoms with Crippen LogP contribution < -0.4 is 0 Å². The summed E-state index contributed by atoms with van der Waals surface area (Å²) in [6.45, 7) is 0. The monoisotopic (exact) mass is 507 g/mol. The van der Waals surface area contributed by atoms with Crippen LogP contribution in [0.4, 0.5) is 0 Å². The van der Waals surface area contributed by atoms with Gasteiger partial charge in [0.25, 0.3) is 20.2 Å². The molecule has 176 valence electrons. The number of fused-ring (bicyclic) bond motifs is 3. The van der Waals surface area contributed by atoms with Crippen LogP contribution in [-0.2, 0) is 20.2 Å². The molecule has 5 aromatic rings. The van der Waals surface area contributed by atoms with Crippen LogP contribution in [0.1, 0.15) is 11.1 Å². The van der Waals surface area contributed by atoms with Gasteiger partial charge in [-0.15, -0.1) is 10.2 Å². The fourth-order valence-corrected chi connectivity index (χ4v) is 5.22. The maximum Gasteiger partial charge on any atom is 0.295 e. The third-order valence-electron chi connectivity index (χ3n) is 5.41. The highest BCUT2D eigenvalue weighted by molar-refractivity contribution is 7.86. The molecule has 2 N–H and O–H groups in total. The lowest BCUT2D eigenvalue weighted by atomic mass is 10.1. The van der Waals surface area contributed by atoms with E-state index in [9.17, 15) is 25.9 Å². The standard InChI is InChI=1S/C24H17N3O6S2/c28-34(29,30)22-8-4-7-20-19(22)13-14-21-24(20)26-27(25-21)18-12-11-17(23(15-18)35(31,32)33)10-9-16-5-2-1-3-6-16/h1-15H,(H,28,29,30)(H,31,32,33)/b10-9+. The Kier molecular flexibility index (Phi) is 5.49. The second-order valence-corrected chi connectivity index (χ2v) is 10.5. The molecule has 0 saturated heterocycles. The first-order valence-electron chi connectivity index (χ1n) is 10.2. The van der Waals surface area contributed by atoms with Crippen molar-refractivity contribution in [3.63, 3.8) is 0 Å². The van der Waals surface area contributed by atoms with Crippen molar-refractivity contribution < 1.29 is 25.9 Å². The van der Waals surface area contributed by atoms with Crippen LogP contribution in [0.15, 0.2) is 88.7 Å². The van der Waals surface area contributed by atoms with Crippen LogP contribution in [0.3, 0.4) is 0 Å². The summed E-state index contributed by atoms with van der Waals surface area (Å²) in [6, 6.07) is 21.1. The lowest BCUT2D eigenvalue weighted by Crippen LogP contribution is -2.05. The van der Waals surface area contributed by atoms with Gasteiger partial charge < -0.3 is 0 Å². The molecule has 0 saturated carbocycles. The molecule has 0 bridgehead atoms. The molecule has 0 spiro atoms. The zero-order chi connectivity index (χ0) is 24.8. The summed E-state index contributed by atoms with van der Waals surface area (Å²) in [6.07, 6.45) is 3.31. The smallest absolute Gasteiger partial charge is 0.282 e. The van der Waals surface area contributed by atoms with Gasteiger partial charge in [-0.25, -0.2) is 0 Å². The van der Waals surface area contributed by atoms with Crippen LogP contribution >= 0.6 is 0 Å². The predicted molar refractivity (Wildman–Crippen MR) is 131 cm³/mol. The van der Waals surface area contributed by atoms with E-state index in [1.165, 1.54) is 35.1 Å². The number of rotatable bonds is 5. The molecule has 4 aromatic carbocycles. The molecule has 0 aliphatic heterocycles. The van der Waals surface area contributed by atoms with Crippen molar-refractivity contribution in [2.45, 2.75) is 9.79 Å². The van der Waals surface area contributed by atoms with Gasteiger partial charge in [-0.05, 0) is 35.4 Å². The predicted octanol–water partition coefficient (Wildman–Crippen LogP) is 4.24. The average Bonchev–Trinajstić information content (AvgIpc) is 3.27. The average molecular weight is 508 g/mol. The highest BCUT2D eigenvalue weighted by Crippen LogP contribution is 2.29. The highest BCUT2D eigenvalue weighted by Gasteiger charge is 2.19. The first kappa shape index (κ1) is 22.9. The number of nitrogens with zero attached hydrogens (tertiary/aromatic N) is 3. The van der Waals surface area contributed by atoms with E-state index in [0.717, 1.165) is 5.56 Å². The van der Waals surface area contributed by atoms with Gasteiger partial charge in [-0.3, -0.25) is 9.11 Å². The van der Waals surface area contributed by atoms with Crippen molar-refractivity contribution in [1.82, 2.24) is 15.0 Å². The molecule has 0 radical (unpaired) electrons. The second-order valence-electron chi connectivity index (χ2n) is 7.69. The summed E-state index contributed by atoms with van der Waals surface area (Å²) >= 11 is 0. The van der Waals surface area contributed by atoms with Gasteiger partial charge in [0.1, 0.15) is 20.8 Å². The van der Waals surface area contributed by atoms with Crippen LogP contribution in [-0.4, -0.2) is 40.9 Å². The van der Waals surface area contributed by atoms with Crippen LogP contribution in [0.25, 0.3) is 39.6 Å². The van der Waals surface area contributed by atoms with Crippen LogP contribution in [0, 0.1) is 0 Å². The number of aromatic nitrogens is 3. The lowest BCUT2D eigenvalue weighted by molar-refractivity contribution is 0.481. The first-order chi connectivity index (χ1) is 16.6. The number of benzene rings is 4. The van der Waals surface area contributed by atoms with Gasteiger partial charge in [-0.2, -0.15) is 21.6 Å². The molecule has 1 heterocycles. The molecule has 11 heteroatoms. The van der Waals surface area contributed by atoms with Crippen molar-refractivity contribution in [2.24, 2.45) is 0 Å². The molecular formula is C24H17N3O6S2. The van der Waals surface area contributed by atoms with E-state index in [-0.39, 0.29) is 26.4 Å². The zero-order valence-corrected chi connectivity index (χ0v) is 19.5. The maximum atomic E-state index is 12.1. The van der Waals surface area contributed by atoms with E-state index in [1.54, 1.807) is 30.4 Å². The molecule has 0 aliphatic carbocycles. The molecule has 0 fully saturated rings. The molecule has 5 rings (SSSR count). The first-order valence-corrected chi connectivity index (χ1v) is 13.1. The highest BCUT2D eigenvalue weighted by atomic mass is 32.2. The third kappa shape index (κ3) is 4.45. The molecule has 0 aliphatic rings. The Bertz CT molecular complexity index is 1850. The maximum absolute atomic E-state index is 12.1. The zero-order valence-electron chi connectivity index (χ0n) is 17.8. The van der Waals surface area contributed by atoms with Crippen molar-refractivity contribution >= 4 is 54.2 Å². The van der Waals surface area contributed by atoms with Crippen molar-refractivity contribution in [2.75, 3.05) is 0 Å². The fourth-order valence-electron chi connectivity index (χ4n) is 3.81. The second kappa shape index (κ2) is 8.40. The molecule has 9 nitrogen and oxygen atoms in total. The molecule has 35 heavy (non-hydrogen) atoms. The third-order valence-corrected chi connectivity index (χ3v) is 7.23. The van der Waals surface area contributed by atoms with Crippen LogP contribution in [0.2, 0.25) is 0 Å². The molecular weight excluding hydrogens is 490 g/mol. The minimum atomic E-state index is -4.57. The minimum Gasteiger partial charge on any atom is -0.282 e. The molecule has 0 unspecified atom stereocenters. The van der Waals surface area contributed by atoms with Gasteiger partial charge in [-0.1, -0.05) is 66.7 Å². The van der Waals surface area contributed by atoms with E-state index in [1.807, 2.05) is 30.3 Å². The Balaban J connectivity index is 1.64. The molecule has 0 atom stereocenters. The van der Waals surface area contributed by atoms with E-state index in [4.69, 9.17) is 0 Å². The van der Waals surface area contributed by atoms with Crippen LogP contribution in [0.5, 0.6) is 0 Å². The van der Waals surface area contributed by atoms with Gasteiger partial charge in [0, 0.05) is 10.8 Å². The summed E-state index contributed by atoms with van der Waals surface area (Å²) in [7, 11) is -9.02. The van der Waals surface area contributed by atoms with E-state index >= 15 is 0 Å². The van der Waals surface area contributed by atoms with Gasteiger partial charge in [0.05, 0.1) is 5.69 Å². The summed E-state index contributed by atoms with van der Waals surface area (Å²) in [4.78, 5) is 0.626. The van der Waals surface area contributed by atoms with Crippen molar-refractivity contribution in [3.8, 4) is 5.69 Å². The minimum absolute atomic E-state index is 0.255. The summed E-state index contributed by atoms with van der Waals surface area (Å²) in [5, 5.41) is 9.50. The quantitative estimate of drug-likeness (QED) is 0.266. The normalized spacial score (nSPS) is 12.6. The van der Waals surface area contributed by atoms with Crippen molar-refractivity contribution in [3.05, 3.63) is 90.0 Å². The summed E-state index contributed by atoms with van der Waals surface area (Å²) in [5.41, 5.74) is 2.18. The Labute approximate surface area is 200 Å². The Morgan fingerprint density at radius 2 is 1.43 bits per heavy atom. The van der Waals surface area contributed by atoms with E-state index in [0.29, 0.717) is 16.4 Å². The summed E-state index contributed by atoms with van der Waals surface area (Å²) < 4.78 is 67.1. The Hall–Kier alpha value is -3.90. The Morgan fingerprint density at radius 3 is 2.14 bits per heavy atom. The lowest BCUT2D eigenvalue weighted by Gasteiger charge is -2.06. The molecule has 0 amide bonds. The Morgan fingerprint density at radius 1 is 0.686 bits per heavy atom. The fraction of sp³-hybridized carbons (Fsp3) is 0. The van der Waals surface area contributed by atoms with E-state index in [2.05, 4.69) is 10.2 Å². The van der Waals surface area contributed by atoms with Gasteiger partial charge in [0.2, 0.25) is 0 Å². The molecule has 1 aromatic heterocycles. The number of hydrogen-bond donors (Lipinski definition) is 2. The van der Waals surface area contributed by atoms with Crippen molar-refractivity contribution in [1.29, 1.82) is 0 Å². The summed E-state index contributed by atoms with van der Waals surface area (Å²) in [5.74, 6) is 0. The largest absolute Gasteiger partial charge is 0.295 e.